The largest absolute Gasteiger partial charge is 0.316 e. The van der Waals surface area contributed by atoms with Crippen LogP contribution in [0.15, 0.2) is 39.9 Å². The van der Waals surface area contributed by atoms with Gasteiger partial charge in [-0.05, 0) is 36.2 Å². The third-order valence-corrected chi connectivity index (χ3v) is 4.52. The zero-order chi connectivity index (χ0) is 13.9. The zero-order valence-corrected chi connectivity index (χ0v) is 11.8. The molecule has 0 fully saturated rings. The molecule has 0 atom stereocenters. The molecule has 102 valence electrons. The number of hydrogen-bond donors (Lipinski definition) is 2. The van der Waals surface area contributed by atoms with Crippen molar-refractivity contribution in [3.05, 3.63) is 46.4 Å². The monoisotopic (exact) mass is 300 g/mol. The first kappa shape index (κ1) is 14.0. The molecule has 0 aliphatic carbocycles. The molecule has 0 aliphatic heterocycles. The summed E-state index contributed by atoms with van der Waals surface area (Å²) in [5.74, 6) is -0.761. The lowest BCUT2D eigenvalue weighted by Crippen LogP contribution is -2.15. The number of thiophene rings is 1. The molecule has 1 aromatic heterocycles. The summed E-state index contributed by atoms with van der Waals surface area (Å²) < 4.78 is 40.3. The average Bonchev–Trinajstić information content (AvgIpc) is 2.84. The molecule has 1 aromatic carbocycles. The molecule has 0 saturated carbocycles. The van der Waals surface area contributed by atoms with E-state index in [1.54, 1.807) is 29.9 Å². The van der Waals surface area contributed by atoms with Gasteiger partial charge in [0, 0.05) is 11.9 Å². The smallest absolute Gasteiger partial charge is 0.264 e. The van der Waals surface area contributed by atoms with Crippen molar-refractivity contribution in [1.29, 1.82) is 0 Å². The second-order valence-electron chi connectivity index (χ2n) is 3.91. The quantitative estimate of drug-likeness (QED) is 0.891. The van der Waals surface area contributed by atoms with Gasteiger partial charge in [-0.3, -0.25) is 4.72 Å². The highest BCUT2D eigenvalue weighted by Crippen LogP contribution is 2.21. The number of rotatable bonds is 5. The Morgan fingerprint density at radius 2 is 2.11 bits per heavy atom. The number of hydrogen-bond acceptors (Lipinski definition) is 4. The fourth-order valence-corrected chi connectivity index (χ4v) is 3.44. The van der Waals surface area contributed by atoms with E-state index in [0.29, 0.717) is 17.8 Å². The Hall–Kier alpha value is -1.44. The van der Waals surface area contributed by atoms with Crippen molar-refractivity contribution in [3.8, 4) is 0 Å². The van der Waals surface area contributed by atoms with Crippen molar-refractivity contribution < 1.29 is 12.8 Å². The standard InChI is InChI=1S/C12H13FN2O2S2/c1-14-7-9-2-3-11(13)12(6-9)19(16,17)15-10-4-5-18-8-10/h2-6,8,14-15H,7H2,1H3. The summed E-state index contributed by atoms with van der Waals surface area (Å²) in [6.07, 6.45) is 0. The molecule has 0 aliphatic rings. The second kappa shape index (κ2) is 5.68. The lowest BCUT2D eigenvalue weighted by Gasteiger charge is -2.09. The van der Waals surface area contributed by atoms with Crippen LogP contribution in [0.2, 0.25) is 0 Å². The van der Waals surface area contributed by atoms with Gasteiger partial charge >= 0.3 is 0 Å². The van der Waals surface area contributed by atoms with Gasteiger partial charge in [0.05, 0.1) is 5.69 Å². The first-order valence-corrected chi connectivity index (χ1v) is 7.93. The first-order chi connectivity index (χ1) is 9.03. The van der Waals surface area contributed by atoms with Crippen LogP contribution in [0.4, 0.5) is 10.1 Å². The average molecular weight is 300 g/mol. The van der Waals surface area contributed by atoms with Gasteiger partial charge in [-0.25, -0.2) is 12.8 Å². The number of halogens is 1. The van der Waals surface area contributed by atoms with Crippen molar-refractivity contribution in [3.63, 3.8) is 0 Å². The van der Waals surface area contributed by atoms with Crippen molar-refractivity contribution in [2.45, 2.75) is 11.4 Å². The minimum absolute atomic E-state index is 0.341. The maximum atomic E-state index is 13.7. The molecule has 2 rings (SSSR count). The summed E-state index contributed by atoms with van der Waals surface area (Å²) in [6, 6.07) is 5.67. The molecule has 7 heteroatoms. The molecule has 0 spiro atoms. The van der Waals surface area contributed by atoms with Gasteiger partial charge in [-0.1, -0.05) is 6.07 Å². The van der Waals surface area contributed by atoms with Crippen molar-refractivity contribution in [2.24, 2.45) is 0 Å². The number of sulfonamides is 1. The Kier molecular flexibility index (Phi) is 4.18. The Morgan fingerprint density at radius 1 is 1.32 bits per heavy atom. The Bertz CT molecular complexity index is 654. The molecule has 2 aromatic rings. The van der Waals surface area contributed by atoms with E-state index in [-0.39, 0.29) is 4.90 Å². The van der Waals surface area contributed by atoms with E-state index >= 15 is 0 Å². The molecule has 0 saturated heterocycles. The van der Waals surface area contributed by atoms with Crippen LogP contribution in [0.3, 0.4) is 0 Å². The predicted octanol–water partition coefficient (Wildman–Crippen LogP) is 2.41. The summed E-state index contributed by atoms with van der Waals surface area (Å²) in [5, 5.41) is 6.28. The summed E-state index contributed by atoms with van der Waals surface area (Å²) in [5.41, 5.74) is 1.14. The topological polar surface area (TPSA) is 58.2 Å². The molecule has 19 heavy (non-hydrogen) atoms. The normalized spacial score (nSPS) is 11.5. The van der Waals surface area contributed by atoms with Crippen LogP contribution in [-0.2, 0) is 16.6 Å². The van der Waals surface area contributed by atoms with Gasteiger partial charge in [-0.2, -0.15) is 11.3 Å². The van der Waals surface area contributed by atoms with Gasteiger partial charge < -0.3 is 5.32 Å². The minimum Gasteiger partial charge on any atom is -0.316 e. The van der Waals surface area contributed by atoms with E-state index in [1.165, 1.54) is 17.4 Å². The summed E-state index contributed by atoms with van der Waals surface area (Å²) in [4.78, 5) is -0.341. The molecule has 4 nitrogen and oxygen atoms in total. The maximum absolute atomic E-state index is 13.7. The second-order valence-corrected chi connectivity index (χ2v) is 6.34. The Morgan fingerprint density at radius 3 is 2.74 bits per heavy atom. The molecule has 0 amide bonds. The summed E-state index contributed by atoms with van der Waals surface area (Å²) in [6.45, 7) is 0.473. The highest BCUT2D eigenvalue weighted by atomic mass is 32.2. The van der Waals surface area contributed by atoms with Gasteiger partial charge in [-0.15, -0.1) is 0 Å². The Balaban J connectivity index is 2.36. The third-order valence-electron chi connectivity index (χ3n) is 2.44. The van der Waals surface area contributed by atoms with Crippen molar-refractivity contribution in [2.75, 3.05) is 11.8 Å². The van der Waals surface area contributed by atoms with E-state index in [0.717, 1.165) is 6.07 Å². The van der Waals surface area contributed by atoms with Crippen LogP contribution in [0.5, 0.6) is 0 Å². The zero-order valence-electron chi connectivity index (χ0n) is 10.2. The van der Waals surface area contributed by atoms with Crippen LogP contribution in [0.25, 0.3) is 0 Å². The molecule has 0 radical (unpaired) electrons. The first-order valence-electron chi connectivity index (χ1n) is 5.51. The highest BCUT2D eigenvalue weighted by molar-refractivity contribution is 7.92. The fraction of sp³-hybridized carbons (Fsp3) is 0.167. The van der Waals surface area contributed by atoms with Crippen LogP contribution < -0.4 is 10.0 Å². The van der Waals surface area contributed by atoms with Gasteiger partial charge in [0.15, 0.2) is 0 Å². The molecule has 0 unspecified atom stereocenters. The van der Waals surface area contributed by atoms with Crippen LogP contribution in [0, 0.1) is 5.82 Å². The highest BCUT2D eigenvalue weighted by Gasteiger charge is 2.19. The van der Waals surface area contributed by atoms with Gasteiger partial charge in [0.25, 0.3) is 10.0 Å². The van der Waals surface area contributed by atoms with Crippen molar-refractivity contribution in [1.82, 2.24) is 5.32 Å². The lowest BCUT2D eigenvalue weighted by atomic mass is 10.2. The van der Waals surface area contributed by atoms with E-state index < -0.39 is 15.8 Å². The third kappa shape index (κ3) is 3.31. The lowest BCUT2D eigenvalue weighted by molar-refractivity contribution is 0.569. The number of anilines is 1. The predicted molar refractivity (Wildman–Crippen MR) is 74.3 cm³/mol. The van der Waals surface area contributed by atoms with E-state index in [9.17, 15) is 12.8 Å². The minimum atomic E-state index is -3.90. The molecular weight excluding hydrogens is 287 g/mol. The maximum Gasteiger partial charge on any atom is 0.264 e. The summed E-state index contributed by atoms with van der Waals surface area (Å²) >= 11 is 1.36. The Labute approximate surface area is 115 Å². The van der Waals surface area contributed by atoms with Gasteiger partial charge in [0.1, 0.15) is 10.7 Å². The number of benzene rings is 1. The van der Waals surface area contributed by atoms with Crippen molar-refractivity contribution >= 4 is 27.0 Å². The SMILES string of the molecule is CNCc1ccc(F)c(S(=O)(=O)Nc2ccsc2)c1. The van der Waals surface area contributed by atoms with E-state index in [2.05, 4.69) is 10.0 Å². The molecule has 1 heterocycles. The van der Waals surface area contributed by atoms with E-state index in [4.69, 9.17) is 0 Å². The summed E-state index contributed by atoms with van der Waals surface area (Å²) in [7, 11) is -2.16. The molecule has 2 N–H and O–H groups in total. The van der Waals surface area contributed by atoms with Gasteiger partial charge in [0.2, 0.25) is 0 Å². The van der Waals surface area contributed by atoms with E-state index in [1.807, 2.05) is 0 Å². The van der Waals surface area contributed by atoms with Crippen LogP contribution in [0.1, 0.15) is 5.56 Å². The van der Waals surface area contributed by atoms with Crippen LogP contribution in [-0.4, -0.2) is 15.5 Å². The number of nitrogens with one attached hydrogen (secondary N) is 2. The molecule has 0 bridgehead atoms. The van der Waals surface area contributed by atoms with Crippen LogP contribution >= 0.6 is 11.3 Å². The fourth-order valence-electron chi connectivity index (χ4n) is 1.60. The molecular formula is C12H13FN2O2S2.